The second-order valence-electron chi connectivity index (χ2n) is 5.93. The molecule has 1 amide bonds. The quantitative estimate of drug-likeness (QED) is 0.359. The lowest BCUT2D eigenvalue weighted by molar-refractivity contribution is -0.383. The van der Waals surface area contributed by atoms with E-state index in [9.17, 15) is 19.7 Å². The molecule has 0 saturated heterocycles. The summed E-state index contributed by atoms with van der Waals surface area (Å²) in [5.74, 6) is -1.30. The SMILES string of the molecule is C[C@H](OC(=O)Cc1csc(-c2ccccn2)n1)C(=O)Nc1ccccc1[N+](=O)[O-]. The smallest absolute Gasteiger partial charge is 0.312 e. The van der Waals surface area contributed by atoms with Crippen LogP contribution >= 0.6 is 11.3 Å². The molecule has 0 saturated carbocycles. The molecular weight excluding hydrogens is 396 g/mol. The first kappa shape index (κ1) is 20.1. The molecule has 2 heterocycles. The summed E-state index contributed by atoms with van der Waals surface area (Å²) in [6.07, 6.45) is 0.422. The minimum atomic E-state index is -1.13. The van der Waals surface area contributed by atoms with Crippen LogP contribution in [0.25, 0.3) is 10.7 Å². The van der Waals surface area contributed by atoms with Gasteiger partial charge in [0.2, 0.25) is 0 Å². The van der Waals surface area contributed by atoms with Gasteiger partial charge in [0, 0.05) is 17.6 Å². The molecule has 9 nitrogen and oxygen atoms in total. The van der Waals surface area contributed by atoms with Crippen LogP contribution in [0, 0.1) is 10.1 Å². The standard InChI is InChI=1S/C19H16N4O5S/c1-12(18(25)22-14-6-2-3-8-16(14)23(26)27)28-17(24)10-13-11-29-19(21-13)15-7-4-5-9-20-15/h2-9,11-12H,10H2,1H3,(H,22,25)/t12-/m0/s1. The van der Waals surface area contributed by atoms with E-state index in [0.29, 0.717) is 16.4 Å². The van der Waals surface area contributed by atoms with Gasteiger partial charge in [-0.25, -0.2) is 4.98 Å². The van der Waals surface area contributed by atoms with Crippen molar-refractivity contribution in [2.75, 3.05) is 5.32 Å². The molecule has 148 valence electrons. The average molecular weight is 412 g/mol. The fourth-order valence-corrected chi connectivity index (χ4v) is 3.20. The van der Waals surface area contributed by atoms with Gasteiger partial charge < -0.3 is 10.1 Å². The molecule has 10 heteroatoms. The Morgan fingerprint density at radius 3 is 2.72 bits per heavy atom. The number of pyridine rings is 1. The highest BCUT2D eigenvalue weighted by atomic mass is 32.1. The van der Waals surface area contributed by atoms with E-state index < -0.39 is 22.9 Å². The number of hydrogen-bond acceptors (Lipinski definition) is 8. The third-order valence-electron chi connectivity index (χ3n) is 3.80. The molecule has 3 aromatic rings. The van der Waals surface area contributed by atoms with Crippen molar-refractivity contribution in [2.24, 2.45) is 0 Å². The van der Waals surface area contributed by atoms with Gasteiger partial charge in [0.05, 0.1) is 22.7 Å². The number of nitrogens with one attached hydrogen (secondary N) is 1. The Labute approximate surface area is 169 Å². The minimum absolute atomic E-state index is 0.0323. The van der Waals surface area contributed by atoms with Crippen molar-refractivity contribution in [3.63, 3.8) is 0 Å². The number of carbonyl (C=O) groups is 2. The summed E-state index contributed by atoms with van der Waals surface area (Å²) in [5.41, 5.74) is 0.995. The molecule has 0 aliphatic heterocycles. The molecule has 1 aromatic carbocycles. The van der Waals surface area contributed by atoms with Crippen LogP contribution in [0.15, 0.2) is 54.0 Å². The van der Waals surface area contributed by atoms with E-state index in [-0.39, 0.29) is 17.8 Å². The summed E-state index contributed by atoms with van der Waals surface area (Å²) >= 11 is 1.35. The van der Waals surface area contributed by atoms with Crippen molar-refractivity contribution in [3.8, 4) is 10.7 Å². The summed E-state index contributed by atoms with van der Waals surface area (Å²) in [6, 6.07) is 11.2. The van der Waals surface area contributed by atoms with E-state index in [1.807, 2.05) is 12.1 Å². The molecule has 0 aliphatic carbocycles. The number of anilines is 1. The largest absolute Gasteiger partial charge is 0.452 e. The van der Waals surface area contributed by atoms with Crippen LogP contribution in [0.4, 0.5) is 11.4 Å². The molecule has 3 rings (SSSR count). The van der Waals surface area contributed by atoms with Gasteiger partial charge in [0.15, 0.2) is 6.10 Å². The zero-order valence-electron chi connectivity index (χ0n) is 15.3. The lowest BCUT2D eigenvalue weighted by atomic mass is 10.2. The van der Waals surface area contributed by atoms with Crippen LogP contribution in [-0.2, 0) is 20.7 Å². The van der Waals surface area contributed by atoms with Gasteiger partial charge in [0.25, 0.3) is 11.6 Å². The number of rotatable bonds is 7. The Balaban J connectivity index is 1.57. The van der Waals surface area contributed by atoms with Crippen molar-refractivity contribution >= 4 is 34.6 Å². The number of nitrogens with zero attached hydrogens (tertiary/aromatic N) is 3. The monoisotopic (exact) mass is 412 g/mol. The number of thiazole rings is 1. The van der Waals surface area contributed by atoms with Crippen molar-refractivity contribution in [1.82, 2.24) is 9.97 Å². The van der Waals surface area contributed by atoms with Crippen LogP contribution in [0.1, 0.15) is 12.6 Å². The molecule has 2 aromatic heterocycles. The van der Waals surface area contributed by atoms with Crippen LogP contribution in [0.3, 0.4) is 0 Å². The number of aromatic nitrogens is 2. The topological polar surface area (TPSA) is 124 Å². The lowest BCUT2D eigenvalue weighted by Gasteiger charge is -2.13. The molecule has 1 atom stereocenters. The number of hydrogen-bond donors (Lipinski definition) is 1. The Morgan fingerprint density at radius 1 is 1.24 bits per heavy atom. The minimum Gasteiger partial charge on any atom is -0.452 e. The number of para-hydroxylation sites is 2. The van der Waals surface area contributed by atoms with E-state index in [2.05, 4.69) is 15.3 Å². The van der Waals surface area contributed by atoms with Crippen molar-refractivity contribution in [1.29, 1.82) is 0 Å². The fraction of sp³-hybridized carbons (Fsp3) is 0.158. The normalized spacial score (nSPS) is 11.5. The Bertz CT molecular complexity index is 1040. The van der Waals surface area contributed by atoms with Crippen LogP contribution < -0.4 is 5.32 Å². The molecule has 0 bridgehead atoms. The highest BCUT2D eigenvalue weighted by Crippen LogP contribution is 2.24. The van der Waals surface area contributed by atoms with Gasteiger partial charge in [-0.15, -0.1) is 11.3 Å². The molecule has 0 aliphatic rings. The second-order valence-corrected chi connectivity index (χ2v) is 6.79. The number of esters is 1. The molecular formula is C19H16N4O5S. The predicted molar refractivity (Wildman–Crippen MR) is 106 cm³/mol. The maximum atomic E-state index is 12.2. The van der Waals surface area contributed by atoms with Gasteiger partial charge >= 0.3 is 5.97 Å². The lowest BCUT2D eigenvalue weighted by Crippen LogP contribution is -2.30. The summed E-state index contributed by atoms with van der Waals surface area (Å²) in [7, 11) is 0. The third-order valence-corrected chi connectivity index (χ3v) is 4.71. The maximum Gasteiger partial charge on any atom is 0.312 e. The Hall–Kier alpha value is -3.66. The molecule has 29 heavy (non-hydrogen) atoms. The number of benzene rings is 1. The summed E-state index contributed by atoms with van der Waals surface area (Å²) in [6.45, 7) is 1.39. The zero-order valence-corrected chi connectivity index (χ0v) is 16.1. The van der Waals surface area contributed by atoms with Crippen molar-refractivity contribution in [3.05, 3.63) is 69.8 Å². The molecule has 0 radical (unpaired) electrons. The number of nitro benzene ring substituents is 1. The predicted octanol–water partition coefficient (Wildman–Crippen LogP) is 3.23. The van der Waals surface area contributed by atoms with Gasteiger partial charge in [-0.1, -0.05) is 18.2 Å². The van der Waals surface area contributed by atoms with Gasteiger partial charge in [-0.2, -0.15) is 0 Å². The van der Waals surface area contributed by atoms with Crippen LogP contribution in [0.5, 0.6) is 0 Å². The molecule has 0 fully saturated rings. The van der Waals surface area contributed by atoms with E-state index in [1.165, 1.54) is 36.5 Å². The van der Waals surface area contributed by atoms with Crippen LogP contribution in [-0.4, -0.2) is 32.9 Å². The first-order chi connectivity index (χ1) is 13.9. The second kappa shape index (κ2) is 9.02. The Kier molecular flexibility index (Phi) is 6.25. The summed E-state index contributed by atoms with van der Waals surface area (Å²) in [5, 5.41) is 15.8. The molecule has 1 N–H and O–H groups in total. The average Bonchev–Trinajstić information content (AvgIpc) is 3.17. The highest BCUT2D eigenvalue weighted by Gasteiger charge is 2.22. The first-order valence-electron chi connectivity index (χ1n) is 8.53. The van der Waals surface area contributed by atoms with Crippen molar-refractivity contribution < 1.29 is 19.2 Å². The van der Waals surface area contributed by atoms with Crippen LogP contribution in [0.2, 0.25) is 0 Å². The highest BCUT2D eigenvalue weighted by molar-refractivity contribution is 7.13. The molecule has 0 unspecified atom stereocenters. The third kappa shape index (κ3) is 5.20. The fourth-order valence-electron chi connectivity index (χ4n) is 2.41. The van der Waals surface area contributed by atoms with E-state index in [0.717, 1.165) is 0 Å². The van der Waals surface area contributed by atoms with E-state index in [1.54, 1.807) is 23.7 Å². The summed E-state index contributed by atoms with van der Waals surface area (Å²) < 4.78 is 5.13. The van der Waals surface area contributed by atoms with E-state index in [4.69, 9.17) is 4.74 Å². The number of nitro groups is 1. The number of amides is 1. The molecule has 0 spiro atoms. The van der Waals surface area contributed by atoms with Gasteiger partial charge in [-0.05, 0) is 25.1 Å². The number of carbonyl (C=O) groups excluding carboxylic acids is 2. The first-order valence-corrected chi connectivity index (χ1v) is 9.41. The van der Waals surface area contributed by atoms with Gasteiger partial charge in [-0.3, -0.25) is 24.7 Å². The number of ether oxygens (including phenoxy) is 1. The Morgan fingerprint density at radius 2 is 2.00 bits per heavy atom. The maximum absolute atomic E-state index is 12.2. The summed E-state index contributed by atoms with van der Waals surface area (Å²) in [4.78, 5) is 43.3. The van der Waals surface area contributed by atoms with Gasteiger partial charge in [0.1, 0.15) is 10.7 Å². The van der Waals surface area contributed by atoms with Crippen molar-refractivity contribution in [2.45, 2.75) is 19.4 Å². The van der Waals surface area contributed by atoms with E-state index >= 15 is 0 Å². The zero-order chi connectivity index (χ0) is 20.8.